The number of rotatable bonds is 5. The van der Waals surface area contributed by atoms with Crippen molar-refractivity contribution >= 4 is 12.0 Å². The van der Waals surface area contributed by atoms with E-state index in [1.54, 1.807) is 4.90 Å². The van der Waals surface area contributed by atoms with Crippen molar-refractivity contribution in [2.24, 2.45) is 0 Å². The smallest absolute Gasteiger partial charge is 0.410 e. The molecule has 1 saturated heterocycles. The van der Waals surface area contributed by atoms with E-state index in [0.29, 0.717) is 13.2 Å². The Morgan fingerprint density at radius 1 is 1.29 bits per heavy atom. The van der Waals surface area contributed by atoms with Gasteiger partial charge in [0.25, 0.3) is 0 Å². The molecule has 6 heteroatoms. The molecule has 1 unspecified atom stereocenters. The van der Waals surface area contributed by atoms with Gasteiger partial charge in [0.1, 0.15) is 6.54 Å². The number of unbranched alkanes of at least 4 members (excludes halogenated alkanes) is 1. The topological polar surface area (TPSA) is 70.1 Å². The molecular weight excluding hydrogens is 308 g/mol. The molecule has 1 heterocycles. The van der Waals surface area contributed by atoms with Crippen LogP contribution < -0.4 is 0 Å². The van der Waals surface area contributed by atoms with Gasteiger partial charge in [-0.25, -0.2) is 4.79 Å². The number of ether oxygens (including phenoxy) is 1. The van der Waals surface area contributed by atoms with Gasteiger partial charge in [-0.3, -0.25) is 9.69 Å². The van der Waals surface area contributed by atoms with Crippen molar-refractivity contribution in [3.63, 3.8) is 0 Å². The van der Waals surface area contributed by atoms with Crippen LogP contribution in [-0.2, 0) is 16.1 Å². The van der Waals surface area contributed by atoms with Crippen molar-refractivity contribution in [2.45, 2.75) is 39.3 Å². The number of aliphatic hydroxyl groups is 1. The number of aliphatic hydroxyl groups excluding tert-OH is 1. The zero-order valence-electron chi connectivity index (χ0n) is 14.4. The van der Waals surface area contributed by atoms with Crippen molar-refractivity contribution < 1.29 is 19.4 Å². The molecule has 2 rings (SSSR count). The zero-order valence-corrected chi connectivity index (χ0v) is 14.4. The predicted molar refractivity (Wildman–Crippen MR) is 90.4 cm³/mol. The number of benzene rings is 1. The van der Waals surface area contributed by atoms with E-state index >= 15 is 0 Å². The van der Waals surface area contributed by atoms with Crippen molar-refractivity contribution in [3.05, 3.63) is 35.4 Å². The van der Waals surface area contributed by atoms with Gasteiger partial charge >= 0.3 is 6.09 Å². The maximum Gasteiger partial charge on any atom is 0.410 e. The van der Waals surface area contributed by atoms with Gasteiger partial charge in [-0.05, 0) is 18.9 Å². The van der Waals surface area contributed by atoms with Gasteiger partial charge in [-0.15, -0.1) is 0 Å². The average Bonchev–Trinajstić information content (AvgIpc) is 2.68. The molecule has 1 fully saturated rings. The first-order chi connectivity index (χ1) is 11.5. The molecule has 0 aromatic heterocycles. The highest BCUT2D eigenvalue weighted by Gasteiger charge is 2.30. The Balaban J connectivity index is 1.97. The number of carbonyl (C=O) groups excluding carboxylic acids is 2. The fourth-order valence-electron chi connectivity index (χ4n) is 2.60. The Labute approximate surface area is 143 Å². The molecule has 132 valence electrons. The third-order valence-electron chi connectivity index (χ3n) is 4.02. The van der Waals surface area contributed by atoms with Crippen molar-refractivity contribution in [1.82, 2.24) is 9.80 Å². The van der Waals surface area contributed by atoms with Gasteiger partial charge in [0.2, 0.25) is 5.91 Å². The fourth-order valence-corrected chi connectivity index (χ4v) is 2.60. The van der Waals surface area contributed by atoms with Crippen LogP contribution in [0.1, 0.15) is 30.9 Å². The highest BCUT2D eigenvalue weighted by Crippen LogP contribution is 2.12. The van der Waals surface area contributed by atoms with Gasteiger partial charge in [0.15, 0.2) is 0 Å². The number of nitrogens with zero attached hydrogens (tertiary/aromatic N) is 2. The molecule has 0 spiro atoms. The highest BCUT2D eigenvalue weighted by molar-refractivity contribution is 5.83. The first-order valence-corrected chi connectivity index (χ1v) is 8.42. The third kappa shape index (κ3) is 5.23. The lowest BCUT2D eigenvalue weighted by atomic mass is 10.1. The Morgan fingerprint density at radius 2 is 2.00 bits per heavy atom. The summed E-state index contributed by atoms with van der Waals surface area (Å²) in [5, 5.41) is 10.1. The second-order valence-corrected chi connectivity index (χ2v) is 6.26. The first kappa shape index (κ1) is 18.3. The van der Waals surface area contributed by atoms with Gasteiger partial charge in [-0.2, -0.15) is 0 Å². The monoisotopic (exact) mass is 334 g/mol. The van der Waals surface area contributed by atoms with E-state index in [1.807, 2.05) is 38.1 Å². The standard InChI is InChI=1S/C18H26N2O4/c1-3-4-9-24-18(23)20-12-16(21)11-19(17(22)13-20)10-15-7-5-14(2)6-8-15/h5-8,16,21H,3-4,9-13H2,1-2H3. The second kappa shape index (κ2) is 8.68. The minimum absolute atomic E-state index is 0.0616. The number of hydrogen-bond donors (Lipinski definition) is 1. The summed E-state index contributed by atoms with van der Waals surface area (Å²) in [6.45, 7) is 5.04. The van der Waals surface area contributed by atoms with Crippen molar-refractivity contribution in [3.8, 4) is 0 Å². The summed E-state index contributed by atoms with van der Waals surface area (Å²) < 4.78 is 5.15. The summed E-state index contributed by atoms with van der Waals surface area (Å²) in [5.41, 5.74) is 2.15. The lowest BCUT2D eigenvalue weighted by Crippen LogP contribution is -2.39. The van der Waals surface area contributed by atoms with E-state index < -0.39 is 12.2 Å². The van der Waals surface area contributed by atoms with Crippen LogP contribution in [0.25, 0.3) is 0 Å². The summed E-state index contributed by atoms with van der Waals surface area (Å²) in [5.74, 6) is -0.181. The number of amides is 2. The van der Waals surface area contributed by atoms with E-state index in [0.717, 1.165) is 24.0 Å². The molecule has 2 amide bonds. The maximum atomic E-state index is 12.4. The van der Waals surface area contributed by atoms with Crippen LogP contribution in [0.3, 0.4) is 0 Å². The fraction of sp³-hybridized carbons (Fsp3) is 0.556. The Hall–Kier alpha value is -2.08. The van der Waals surface area contributed by atoms with Crippen LogP contribution in [0.15, 0.2) is 24.3 Å². The molecule has 0 radical (unpaired) electrons. The molecule has 1 N–H and O–H groups in total. The van der Waals surface area contributed by atoms with E-state index in [-0.39, 0.29) is 25.5 Å². The molecule has 1 aromatic rings. The van der Waals surface area contributed by atoms with E-state index in [1.165, 1.54) is 4.90 Å². The van der Waals surface area contributed by atoms with Gasteiger partial charge in [0.05, 0.1) is 19.3 Å². The highest BCUT2D eigenvalue weighted by atomic mass is 16.6. The van der Waals surface area contributed by atoms with Crippen LogP contribution in [0.4, 0.5) is 4.79 Å². The van der Waals surface area contributed by atoms with Crippen LogP contribution in [0.5, 0.6) is 0 Å². The summed E-state index contributed by atoms with van der Waals surface area (Å²) >= 11 is 0. The summed E-state index contributed by atoms with van der Waals surface area (Å²) in [7, 11) is 0. The van der Waals surface area contributed by atoms with Crippen LogP contribution in [0, 0.1) is 6.92 Å². The molecule has 0 saturated carbocycles. The van der Waals surface area contributed by atoms with E-state index in [2.05, 4.69) is 0 Å². The average molecular weight is 334 g/mol. The molecule has 1 aliphatic rings. The Bertz CT molecular complexity index is 559. The molecule has 1 atom stereocenters. The minimum Gasteiger partial charge on any atom is -0.449 e. The van der Waals surface area contributed by atoms with Gasteiger partial charge < -0.3 is 14.7 Å². The molecule has 0 aliphatic carbocycles. The SMILES string of the molecule is CCCCOC(=O)N1CC(=O)N(Cc2ccc(C)cc2)CC(O)C1. The summed E-state index contributed by atoms with van der Waals surface area (Å²) in [6, 6.07) is 7.92. The van der Waals surface area contributed by atoms with E-state index in [9.17, 15) is 14.7 Å². The number of β-amino-alcohol motifs (C(OH)–C–C–N with tert-alkyl or cyclic N) is 1. The predicted octanol–water partition coefficient (Wildman–Crippen LogP) is 1.94. The van der Waals surface area contributed by atoms with Gasteiger partial charge in [0, 0.05) is 13.1 Å². The lowest BCUT2D eigenvalue weighted by molar-refractivity contribution is -0.132. The molecule has 6 nitrogen and oxygen atoms in total. The lowest BCUT2D eigenvalue weighted by Gasteiger charge is -2.22. The molecule has 0 bridgehead atoms. The largest absolute Gasteiger partial charge is 0.449 e. The quantitative estimate of drug-likeness (QED) is 0.836. The third-order valence-corrected chi connectivity index (χ3v) is 4.02. The Morgan fingerprint density at radius 3 is 2.67 bits per heavy atom. The summed E-state index contributed by atoms with van der Waals surface area (Å²) in [6.07, 6.45) is 0.406. The number of carbonyl (C=O) groups is 2. The Kier molecular flexibility index (Phi) is 6.61. The molecular formula is C18H26N2O4. The van der Waals surface area contributed by atoms with Gasteiger partial charge in [-0.1, -0.05) is 43.2 Å². The number of aryl methyl sites for hydroxylation is 1. The van der Waals surface area contributed by atoms with Crippen LogP contribution >= 0.6 is 0 Å². The van der Waals surface area contributed by atoms with E-state index in [4.69, 9.17) is 4.74 Å². The van der Waals surface area contributed by atoms with Crippen LogP contribution in [0.2, 0.25) is 0 Å². The minimum atomic E-state index is -0.777. The maximum absolute atomic E-state index is 12.4. The normalized spacial score (nSPS) is 18.5. The molecule has 24 heavy (non-hydrogen) atoms. The molecule has 1 aliphatic heterocycles. The first-order valence-electron chi connectivity index (χ1n) is 8.42. The summed E-state index contributed by atoms with van der Waals surface area (Å²) in [4.78, 5) is 27.4. The second-order valence-electron chi connectivity index (χ2n) is 6.26. The zero-order chi connectivity index (χ0) is 17.5. The van der Waals surface area contributed by atoms with Crippen molar-refractivity contribution in [2.75, 3.05) is 26.2 Å². The molecule has 1 aromatic carbocycles. The number of hydrogen-bond acceptors (Lipinski definition) is 4. The van der Waals surface area contributed by atoms with Crippen LogP contribution in [-0.4, -0.2) is 59.3 Å². The van der Waals surface area contributed by atoms with Crippen molar-refractivity contribution in [1.29, 1.82) is 0 Å².